The second kappa shape index (κ2) is 49.0. The number of allylic oxidation sites excluding steroid dienone is 11. The molecular formula is C109H129N9O11. The van der Waals surface area contributed by atoms with Crippen LogP contribution in [0.4, 0.5) is 0 Å². The number of carbonyl (C=O) groups is 10. The summed E-state index contributed by atoms with van der Waals surface area (Å²) >= 11 is 0. The summed E-state index contributed by atoms with van der Waals surface area (Å²) in [6.45, 7) is 41.2. The second-order valence-corrected chi connectivity index (χ2v) is 33.5. The number of benzene rings is 6. The molecule has 676 valence electrons. The summed E-state index contributed by atoms with van der Waals surface area (Å²) < 4.78 is 6.57. The molecule has 6 aromatic carbocycles. The Kier molecular flexibility index (Phi) is 38.4. The average molecular weight is 1740 g/mol. The van der Waals surface area contributed by atoms with Crippen molar-refractivity contribution in [3.8, 4) is 0 Å². The Hall–Kier alpha value is -13.5. The minimum absolute atomic E-state index is 0.00238. The third-order valence-electron chi connectivity index (χ3n) is 22.5. The van der Waals surface area contributed by atoms with Crippen LogP contribution in [0.15, 0.2) is 224 Å². The summed E-state index contributed by atoms with van der Waals surface area (Å²) in [4.78, 5) is 118. The lowest BCUT2D eigenvalue weighted by Gasteiger charge is -2.16. The third-order valence-corrected chi connectivity index (χ3v) is 22.5. The normalized spacial score (nSPS) is 13.0. The molecule has 20 heteroatoms. The van der Waals surface area contributed by atoms with Gasteiger partial charge in [-0.1, -0.05) is 204 Å². The summed E-state index contributed by atoms with van der Waals surface area (Å²) in [7, 11) is 2.00. The van der Waals surface area contributed by atoms with Crippen molar-refractivity contribution in [1.82, 2.24) is 45.6 Å². The fourth-order valence-corrected chi connectivity index (χ4v) is 16.3. The van der Waals surface area contributed by atoms with E-state index in [4.69, 9.17) is 0 Å². The Balaban J connectivity index is 0.000000192. The highest BCUT2D eigenvalue weighted by Gasteiger charge is 2.29. The van der Waals surface area contributed by atoms with Gasteiger partial charge in [-0.3, -0.25) is 47.9 Å². The number of rotatable bonds is 29. The van der Waals surface area contributed by atoms with Crippen LogP contribution in [-0.2, 0) is 73.0 Å². The SMILES string of the molecule is C=C(C)/C=C/CCNC(=O)c1c(C)n(C)c2ccc(C)cc12.C=C(C)/C=C/CCNC(=O)c1c(C)n(C2CCCC2)c2ccc(C)cc12.CC(=O)/C=C/CNC(=O)C1=C(C)Cc2ccc(C)cc21.CC(=O)/C=C/CNC(=O)C1=CCc2cc(C)ccc21.CC(=O)/C=C/CNC(=O)C1=CCc2ccc(C)cc21.CCn1c(C)c(C(=O)NC/C=C/C(C)=O)c2cc(CO)ccc21. The van der Waals surface area contributed by atoms with E-state index in [1.54, 1.807) is 24.3 Å². The van der Waals surface area contributed by atoms with Gasteiger partial charge in [0.15, 0.2) is 23.1 Å². The number of aliphatic hydroxyl groups is 1. The van der Waals surface area contributed by atoms with Crippen LogP contribution in [0.25, 0.3) is 49.4 Å². The summed E-state index contributed by atoms with van der Waals surface area (Å²) in [6.07, 6.45) is 33.5. The van der Waals surface area contributed by atoms with E-state index in [2.05, 4.69) is 151 Å². The van der Waals surface area contributed by atoms with Gasteiger partial charge in [-0.15, -0.1) is 0 Å². The Morgan fingerprint density at radius 2 is 0.822 bits per heavy atom. The Labute approximate surface area is 761 Å². The number of fused-ring (bicyclic) bond motifs is 6. The number of nitrogens with one attached hydrogen (secondary N) is 6. The quantitative estimate of drug-likeness (QED) is 0.0131. The van der Waals surface area contributed by atoms with E-state index in [0.717, 1.165) is 166 Å². The number of aryl methyl sites for hydroxylation is 7. The zero-order chi connectivity index (χ0) is 94.3. The number of aliphatic hydroxyl groups excluding tert-OH is 1. The van der Waals surface area contributed by atoms with Crippen LogP contribution < -0.4 is 31.9 Å². The second-order valence-electron chi connectivity index (χ2n) is 33.5. The smallest absolute Gasteiger partial charge is 0.253 e. The minimum Gasteiger partial charge on any atom is -0.392 e. The Morgan fingerprint density at radius 3 is 1.33 bits per heavy atom. The van der Waals surface area contributed by atoms with Gasteiger partial charge < -0.3 is 50.7 Å². The number of nitrogens with zero attached hydrogens (tertiary/aromatic N) is 3. The fraction of sp³-hybridized carbons (Fsp3) is 0.321. The van der Waals surface area contributed by atoms with Gasteiger partial charge in [0, 0.05) is 125 Å². The van der Waals surface area contributed by atoms with Gasteiger partial charge in [0.25, 0.3) is 35.4 Å². The number of aromatic nitrogens is 3. The number of ketones is 4. The molecule has 0 atom stereocenters. The van der Waals surface area contributed by atoms with Crippen molar-refractivity contribution < 1.29 is 53.1 Å². The lowest BCUT2D eigenvalue weighted by Crippen LogP contribution is -2.25. The molecule has 1 saturated carbocycles. The highest BCUT2D eigenvalue weighted by atomic mass is 16.3. The van der Waals surface area contributed by atoms with Crippen molar-refractivity contribution >= 4 is 108 Å². The Bertz CT molecular complexity index is 6040. The number of hydrogen-bond acceptors (Lipinski definition) is 11. The topological polar surface area (TPSA) is 278 Å². The molecule has 7 N–H and O–H groups in total. The van der Waals surface area contributed by atoms with E-state index in [1.165, 1.54) is 111 Å². The predicted octanol–water partition coefficient (Wildman–Crippen LogP) is 19.0. The van der Waals surface area contributed by atoms with Gasteiger partial charge in [-0.25, -0.2) is 0 Å². The van der Waals surface area contributed by atoms with Crippen LogP contribution in [0, 0.1) is 55.4 Å². The molecule has 9 aromatic rings. The zero-order valence-electron chi connectivity index (χ0n) is 78.4. The van der Waals surface area contributed by atoms with E-state index < -0.39 is 0 Å². The molecule has 0 saturated heterocycles. The molecule has 0 spiro atoms. The molecule has 0 aliphatic heterocycles. The van der Waals surface area contributed by atoms with Crippen LogP contribution in [0.1, 0.15) is 215 Å². The molecule has 20 nitrogen and oxygen atoms in total. The third kappa shape index (κ3) is 28.5. The van der Waals surface area contributed by atoms with Crippen molar-refractivity contribution in [2.75, 3.05) is 39.3 Å². The highest BCUT2D eigenvalue weighted by Crippen LogP contribution is 2.39. The summed E-state index contributed by atoms with van der Waals surface area (Å²) in [6, 6.07) is 37.4. The van der Waals surface area contributed by atoms with Gasteiger partial charge in [0.05, 0.1) is 23.3 Å². The summed E-state index contributed by atoms with van der Waals surface area (Å²) in [5.74, 6) is -0.486. The molecule has 4 aliphatic rings. The first-order valence-electron chi connectivity index (χ1n) is 44.3. The van der Waals surface area contributed by atoms with Gasteiger partial charge in [0.1, 0.15) is 0 Å². The average Bonchev–Trinajstić information content (AvgIpc) is 1.52. The standard InChI is InChI=1S/C23H30N2O.C19H24N2O.C18H22N2O3.C17H19NO2.2C16H17NO2/c1-16(2)9-7-8-14-24-23(26)22-18(4)25(19-10-5-6-11-19)21-13-12-17(3)15-20(21)22;1-13(2)8-6-7-11-20-19(22)18-15(4)21(5)17-10-9-14(3)12-16(17)18;1-4-20-13(3)17(18(23)19-9-5-6-12(2)22)15-10-14(11-21)7-8-16(15)20;1-11-6-7-14-10-12(2)16(15(14)9-11)17(20)18-8-4-5-13(3)19;1-11-5-7-14-13(10-11)6-8-15(14)16(19)17-9-3-4-12(2)18;1-11-5-6-13-7-8-14(15(13)10-11)16(19)17-9-3-4-12(2)18/h7,9,12-13,15,19H,1,5-6,8,10-11,14H2,2-4H3,(H,24,26);6,8-10,12H,1,7,11H2,2-5H3,(H,20,22);5-8,10,21H,4,9,11H2,1-3H3,(H,19,23);4-7,9H,8,10H2,1-3H3,(H,18,20);3-5,7-8,10H,6,9H2,1-2H3,(H,17,19);3-6,8,10H,7,9H2,1-2H3,(H,17,19)/b9-7+;8-6+;6-5+;5-4+;2*4-3+. The molecule has 129 heavy (non-hydrogen) atoms. The molecule has 1 fully saturated rings. The molecule has 0 unspecified atom stereocenters. The monoisotopic (exact) mass is 1740 g/mol. The molecule has 3 aromatic heterocycles. The van der Waals surface area contributed by atoms with Crippen molar-refractivity contribution in [2.24, 2.45) is 7.05 Å². The highest BCUT2D eigenvalue weighted by molar-refractivity contribution is 6.23. The minimum atomic E-state index is -0.178. The van der Waals surface area contributed by atoms with Crippen molar-refractivity contribution in [2.45, 2.75) is 188 Å². The molecular weight excluding hydrogens is 1610 g/mol. The Morgan fingerprint density at radius 1 is 0.411 bits per heavy atom. The van der Waals surface area contributed by atoms with Crippen LogP contribution in [0.5, 0.6) is 0 Å². The van der Waals surface area contributed by atoms with E-state index in [-0.39, 0.29) is 65.2 Å². The maximum Gasteiger partial charge on any atom is 0.253 e. The van der Waals surface area contributed by atoms with E-state index in [0.29, 0.717) is 50.9 Å². The van der Waals surface area contributed by atoms with Gasteiger partial charge >= 0.3 is 0 Å². The molecule has 6 amide bonds. The molecule has 13 rings (SSSR count). The van der Waals surface area contributed by atoms with Crippen molar-refractivity contribution in [3.63, 3.8) is 0 Å². The van der Waals surface area contributed by atoms with Crippen LogP contribution in [0.2, 0.25) is 0 Å². The largest absolute Gasteiger partial charge is 0.392 e. The van der Waals surface area contributed by atoms with E-state index >= 15 is 0 Å². The summed E-state index contributed by atoms with van der Waals surface area (Å²) in [5, 5.41) is 29.6. The first-order chi connectivity index (χ1) is 61.5. The molecule has 3 heterocycles. The first-order valence-corrected chi connectivity index (χ1v) is 44.3. The van der Waals surface area contributed by atoms with Crippen LogP contribution in [0.3, 0.4) is 0 Å². The van der Waals surface area contributed by atoms with Gasteiger partial charge in [-0.05, 0) is 255 Å². The molecule has 0 radical (unpaired) electrons. The molecule has 4 aliphatic carbocycles. The van der Waals surface area contributed by atoms with Gasteiger partial charge in [-0.2, -0.15) is 0 Å². The van der Waals surface area contributed by atoms with Crippen LogP contribution >= 0.6 is 0 Å². The van der Waals surface area contributed by atoms with E-state index in [9.17, 15) is 53.1 Å². The lowest BCUT2D eigenvalue weighted by atomic mass is 10.0. The van der Waals surface area contributed by atoms with Crippen molar-refractivity contribution in [1.29, 1.82) is 0 Å². The summed E-state index contributed by atoms with van der Waals surface area (Å²) in [5.41, 5.74) is 27.2. The van der Waals surface area contributed by atoms with Crippen LogP contribution in [-0.4, -0.2) is 117 Å². The predicted molar refractivity (Wildman–Crippen MR) is 525 cm³/mol. The maximum absolute atomic E-state index is 12.9. The number of hydrogen-bond donors (Lipinski definition) is 7. The number of carbonyl (C=O) groups excluding carboxylic acids is 10. The van der Waals surface area contributed by atoms with Gasteiger partial charge in [0.2, 0.25) is 0 Å². The fourth-order valence-electron chi connectivity index (χ4n) is 16.3. The first kappa shape index (κ1) is 101. The van der Waals surface area contributed by atoms with E-state index in [1.807, 2.05) is 143 Å². The maximum atomic E-state index is 12.9. The molecule has 0 bridgehead atoms. The number of amides is 6. The lowest BCUT2D eigenvalue weighted by molar-refractivity contribution is -0.116. The zero-order valence-corrected chi connectivity index (χ0v) is 78.4. The van der Waals surface area contributed by atoms with Crippen molar-refractivity contribution in [3.05, 3.63) is 325 Å².